The molecular formula is C15H22N2O2. The lowest BCUT2D eigenvalue weighted by Gasteiger charge is -2.31. The van der Waals surface area contributed by atoms with Crippen LogP contribution in [0.2, 0.25) is 0 Å². The lowest BCUT2D eigenvalue weighted by molar-refractivity contribution is -0.123. The minimum atomic E-state index is -0.391. The Balaban J connectivity index is 2.18. The van der Waals surface area contributed by atoms with Gasteiger partial charge in [-0.05, 0) is 12.1 Å². The molecule has 0 saturated carbocycles. The van der Waals surface area contributed by atoms with Crippen LogP contribution in [0.1, 0.15) is 20.8 Å². The van der Waals surface area contributed by atoms with Crippen LogP contribution in [0, 0.1) is 5.41 Å². The van der Waals surface area contributed by atoms with Gasteiger partial charge in [0.05, 0.1) is 24.6 Å². The molecule has 4 heteroatoms. The average molecular weight is 262 g/mol. The van der Waals surface area contributed by atoms with Gasteiger partial charge in [0.25, 0.3) is 0 Å². The van der Waals surface area contributed by atoms with E-state index >= 15 is 0 Å². The van der Waals surface area contributed by atoms with Crippen LogP contribution in [-0.2, 0) is 9.53 Å². The molecule has 0 aromatic heterocycles. The molecule has 0 bridgehead atoms. The highest BCUT2D eigenvalue weighted by Crippen LogP contribution is 2.28. The van der Waals surface area contributed by atoms with Gasteiger partial charge in [0, 0.05) is 18.5 Å². The first-order valence-corrected chi connectivity index (χ1v) is 6.71. The third-order valence-corrected chi connectivity index (χ3v) is 3.19. The highest BCUT2D eigenvalue weighted by atomic mass is 16.5. The topological polar surface area (TPSA) is 41.6 Å². The number of nitrogens with zero attached hydrogens (tertiary/aromatic N) is 1. The molecule has 0 spiro atoms. The summed E-state index contributed by atoms with van der Waals surface area (Å²) in [4.78, 5) is 14.4. The van der Waals surface area contributed by atoms with Crippen molar-refractivity contribution in [1.82, 2.24) is 0 Å². The number of carbonyl (C=O) groups is 1. The van der Waals surface area contributed by atoms with Crippen molar-refractivity contribution in [3.05, 3.63) is 24.3 Å². The average Bonchev–Trinajstić information content (AvgIpc) is 2.39. The van der Waals surface area contributed by atoms with Crippen molar-refractivity contribution in [1.29, 1.82) is 0 Å². The van der Waals surface area contributed by atoms with Crippen molar-refractivity contribution in [3.63, 3.8) is 0 Å². The molecule has 1 amide bonds. The number of benzene rings is 1. The molecule has 1 N–H and O–H groups in total. The smallest absolute Gasteiger partial charge is 0.229 e. The van der Waals surface area contributed by atoms with Gasteiger partial charge in [0.15, 0.2) is 0 Å². The van der Waals surface area contributed by atoms with Gasteiger partial charge in [0.1, 0.15) is 0 Å². The normalized spacial score (nSPS) is 16.3. The van der Waals surface area contributed by atoms with Crippen LogP contribution in [0.15, 0.2) is 24.3 Å². The van der Waals surface area contributed by atoms with Crippen LogP contribution in [-0.4, -0.2) is 32.2 Å². The number of hydrogen-bond acceptors (Lipinski definition) is 3. The van der Waals surface area contributed by atoms with E-state index in [0.29, 0.717) is 0 Å². The number of anilines is 2. The van der Waals surface area contributed by atoms with E-state index in [4.69, 9.17) is 4.74 Å². The first-order valence-electron chi connectivity index (χ1n) is 6.71. The summed E-state index contributed by atoms with van der Waals surface area (Å²) in [6.45, 7) is 8.95. The van der Waals surface area contributed by atoms with Crippen LogP contribution in [0.25, 0.3) is 0 Å². The standard InChI is InChI=1S/C15H22N2O2/c1-15(2,3)14(18)16-12-6-4-5-7-13(12)17-8-10-19-11-9-17/h4-7H,8-11H2,1-3H3,(H,16,18). The Morgan fingerprint density at radius 3 is 2.47 bits per heavy atom. The second-order valence-corrected chi connectivity index (χ2v) is 5.82. The molecule has 1 aliphatic rings. The summed E-state index contributed by atoms with van der Waals surface area (Å²) in [5, 5.41) is 3.03. The van der Waals surface area contributed by atoms with Gasteiger partial charge in [-0.3, -0.25) is 4.79 Å². The second kappa shape index (κ2) is 5.61. The molecule has 0 aliphatic carbocycles. The third kappa shape index (κ3) is 3.47. The first kappa shape index (κ1) is 13.9. The predicted octanol–water partition coefficient (Wildman–Crippen LogP) is 2.51. The molecule has 0 radical (unpaired) electrons. The number of morpholine rings is 1. The van der Waals surface area contributed by atoms with E-state index < -0.39 is 5.41 Å². The minimum absolute atomic E-state index is 0.0354. The van der Waals surface area contributed by atoms with Gasteiger partial charge in [-0.1, -0.05) is 32.9 Å². The first-order chi connectivity index (χ1) is 8.98. The van der Waals surface area contributed by atoms with Crippen molar-refractivity contribution >= 4 is 17.3 Å². The molecule has 1 fully saturated rings. The molecule has 19 heavy (non-hydrogen) atoms. The highest BCUT2D eigenvalue weighted by Gasteiger charge is 2.23. The summed E-state index contributed by atoms with van der Waals surface area (Å²) in [5.41, 5.74) is 1.56. The molecule has 1 aliphatic heterocycles. The SMILES string of the molecule is CC(C)(C)C(=O)Nc1ccccc1N1CCOCC1. The molecule has 1 heterocycles. The zero-order valence-corrected chi connectivity index (χ0v) is 11.9. The summed E-state index contributed by atoms with van der Waals surface area (Å²) >= 11 is 0. The quantitative estimate of drug-likeness (QED) is 0.890. The van der Waals surface area contributed by atoms with E-state index in [1.807, 2.05) is 45.0 Å². The fourth-order valence-electron chi connectivity index (χ4n) is 1.97. The van der Waals surface area contributed by atoms with E-state index in [1.165, 1.54) is 0 Å². The highest BCUT2D eigenvalue weighted by molar-refractivity contribution is 5.97. The van der Waals surface area contributed by atoms with Crippen LogP contribution in [0.4, 0.5) is 11.4 Å². The van der Waals surface area contributed by atoms with Crippen LogP contribution in [0.5, 0.6) is 0 Å². The largest absolute Gasteiger partial charge is 0.378 e. The van der Waals surface area contributed by atoms with Crippen LogP contribution >= 0.6 is 0 Å². The molecule has 1 saturated heterocycles. The van der Waals surface area contributed by atoms with E-state index in [-0.39, 0.29) is 5.91 Å². The molecular weight excluding hydrogens is 240 g/mol. The van der Waals surface area contributed by atoms with Gasteiger partial charge in [0.2, 0.25) is 5.91 Å². The van der Waals surface area contributed by atoms with Gasteiger partial charge in [-0.25, -0.2) is 0 Å². The van der Waals surface area contributed by atoms with E-state index in [0.717, 1.165) is 37.7 Å². The van der Waals surface area contributed by atoms with E-state index in [2.05, 4.69) is 10.2 Å². The Kier molecular flexibility index (Phi) is 4.10. The number of hydrogen-bond donors (Lipinski definition) is 1. The van der Waals surface area contributed by atoms with Crippen molar-refractivity contribution in [2.45, 2.75) is 20.8 Å². The lowest BCUT2D eigenvalue weighted by atomic mass is 9.95. The molecule has 0 unspecified atom stereocenters. The van der Waals surface area contributed by atoms with Crippen LogP contribution < -0.4 is 10.2 Å². The second-order valence-electron chi connectivity index (χ2n) is 5.82. The van der Waals surface area contributed by atoms with Crippen molar-refractivity contribution in [2.24, 2.45) is 5.41 Å². The van der Waals surface area contributed by atoms with Gasteiger partial charge >= 0.3 is 0 Å². The van der Waals surface area contributed by atoms with Crippen molar-refractivity contribution in [2.75, 3.05) is 36.5 Å². The number of nitrogens with one attached hydrogen (secondary N) is 1. The number of para-hydroxylation sites is 2. The summed E-state index contributed by atoms with van der Waals surface area (Å²) in [6, 6.07) is 7.94. The maximum absolute atomic E-state index is 12.1. The summed E-state index contributed by atoms with van der Waals surface area (Å²) in [7, 11) is 0. The maximum Gasteiger partial charge on any atom is 0.229 e. The molecule has 1 aromatic rings. The zero-order chi connectivity index (χ0) is 13.9. The van der Waals surface area contributed by atoms with Crippen molar-refractivity contribution in [3.8, 4) is 0 Å². The Morgan fingerprint density at radius 2 is 1.84 bits per heavy atom. The molecule has 0 atom stereocenters. The van der Waals surface area contributed by atoms with Crippen molar-refractivity contribution < 1.29 is 9.53 Å². The van der Waals surface area contributed by atoms with Crippen LogP contribution in [0.3, 0.4) is 0 Å². The van der Waals surface area contributed by atoms with E-state index in [9.17, 15) is 4.79 Å². The Bertz CT molecular complexity index is 446. The number of ether oxygens (including phenoxy) is 1. The summed E-state index contributed by atoms with van der Waals surface area (Å²) in [5.74, 6) is 0.0354. The Morgan fingerprint density at radius 1 is 1.21 bits per heavy atom. The molecule has 4 nitrogen and oxygen atoms in total. The van der Waals surface area contributed by atoms with Gasteiger partial charge < -0.3 is 15.0 Å². The third-order valence-electron chi connectivity index (χ3n) is 3.19. The maximum atomic E-state index is 12.1. The monoisotopic (exact) mass is 262 g/mol. The van der Waals surface area contributed by atoms with E-state index in [1.54, 1.807) is 0 Å². The number of carbonyl (C=O) groups excluding carboxylic acids is 1. The molecule has 2 rings (SSSR count). The van der Waals surface area contributed by atoms with Gasteiger partial charge in [-0.2, -0.15) is 0 Å². The zero-order valence-electron chi connectivity index (χ0n) is 11.9. The lowest BCUT2D eigenvalue weighted by Crippen LogP contribution is -2.37. The summed E-state index contributed by atoms with van der Waals surface area (Å²) in [6.07, 6.45) is 0. The molecule has 104 valence electrons. The summed E-state index contributed by atoms with van der Waals surface area (Å²) < 4.78 is 5.37. The fraction of sp³-hybridized carbons (Fsp3) is 0.533. The number of rotatable bonds is 2. The Labute approximate surface area is 114 Å². The Hall–Kier alpha value is -1.55. The minimum Gasteiger partial charge on any atom is -0.378 e. The predicted molar refractivity (Wildman–Crippen MR) is 77.6 cm³/mol. The van der Waals surface area contributed by atoms with Gasteiger partial charge in [-0.15, -0.1) is 0 Å². The molecule has 1 aromatic carbocycles. The number of amides is 1. The fourth-order valence-corrected chi connectivity index (χ4v) is 1.97.